The van der Waals surface area contributed by atoms with Gasteiger partial charge in [0.15, 0.2) is 12.2 Å². The normalized spacial score (nSPS) is 24.6. The predicted molar refractivity (Wildman–Crippen MR) is 109 cm³/mol. The lowest BCUT2D eigenvalue weighted by molar-refractivity contribution is -0.211. The van der Waals surface area contributed by atoms with Gasteiger partial charge in [0.1, 0.15) is 24.2 Å². The van der Waals surface area contributed by atoms with Gasteiger partial charge in [-0.15, -0.1) is 0 Å². The lowest BCUT2D eigenvalue weighted by Crippen LogP contribution is -2.65. The van der Waals surface area contributed by atoms with E-state index in [0.717, 1.165) is 39.1 Å². The summed E-state index contributed by atoms with van der Waals surface area (Å²) in [5.41, 5.74) is -2.13. The molecular formula is C20H23F3N2O8S. The summed E-state index contributed by atoms with van der Waals surface area (Å²) < 4.78 is 60.9. The Bertz CT molecular complexity index is 929. The average Bonchev–Trinajstić information content (AvgIpc) is 2.69. The second-order valence-corrected chi connectivity index (χ2v) is 8.34. The molecule has 1 aromatic heterocycles. The molecule has 0 unspecified atom stereocenters. The van der Waals surface area contributed by atoms with E-state index in [0.29, 0.717) is 11.8 Å². The molecule has 1 amide bonds. The zero-order chi connectivity index (χ0) is 25.6. The minimum absolute atomic E-state index is 0.103. The van der Waals surface area contributed by atoms with Crippen molar-refractivity contribution in [1.82, 2.24) is 10.3 Å². The monoisotopic (exact) mass is 508 g/mol. The third kappa shape index (κ3) is 7.87. The van der Waals surface area contributed by atoms with E-state index in [1.165, 1.54) is 6.92 Å². The van der Waals surface area contributed by atoms with E-state index in [9.17, 15) is 32.3 Å². The predicted octanol–water partition coefficient (Wildman–Crippen LogP) is 1.85. The number of aromatic nitrogens is 1. The fraction of sp³-hybridized carbons (Fsp3) is 0.550. The maximum atomic E-state index is 13.1. The number of ether oxygens (including phenoxy) is 4. The van der Waals surface area contributed by atoms with E-state index in [2.05, 4.69) is 10.3 Å². The van der Waals surface area contributed by atoms with Crippen molar-refractivity contribution in [2.45, 2.75) is 68.7 Å². The fourth-order valence-electron chi connectivity index (χ4n) is 3.16. The molecule has 0 bridgehead atoms. The molecule has 0 aliphatic carbocycles. The van der Waals surface area contributed by atoms with Gasteiger partial charge < -0.3 is 24.3 Å². The fourth-order valence-corrected chi connectivity index (χ4v) is 4.28. The highest BCUT2D eigenvalue weighted by Gasteiger charge is 2.51. The summed E-state index contributed by atoms with van der Waals surface area (Å²) in [4.78, 5) is 50.7. The molecule has 1 fully saturated rings. The van der Waals surface area contributed by atoms with Crippen LogP contribution in [0, 0.1) is 0 Å². The highest BCUT2D eigenvalue weighted by molar-refractivity contribution is 7.99. The van der Waals surface area contributed by atoms with Gasteiger partial charge in [-0.25, -0.2) is 4.98 Å². The van der Waals surface area contributed by atoms with Gasteiger partial charge in [-0.3, -0.25) is 19.2 Å². The van der Waals surface area contributed by atoms with Crippen molar-refractivity contribution >= 4 is 35.6 Å². The van der Waals surface area contributed by atoms with Crippen molar-refractivity contribution in [1.29, 1.82) is 0 Å². The van der Waals surface area contributed by atoms with Crippen LogP contribution in [0.3, 0.4) is 0 Å². The first-order chi connectivity index (χ1) is 15.8. The third-order valence-corrected chi connectivity index (χ3v) is 5.47. The molecular weight excluding hydrogens is 485 g/mol. The quantitative estimate of drug-likeness (QED) is 0.430. The number of nitrogens with zero attached hydrogens (tertiary/aromatic N) is 1. The summed E-state index contributed by atoms with van der Waals surface area (Å²) in [7, 11) is 0. The number of carbonyl (C=O) groups excluding carboxylic acids is 4. The van der Waals surface area contributed by atoms with E-state index in [1.807, 2.05) is 0 Å². The number of carbonyl (C=O) groups is 4. The van der Waals surface area contributed by atoms with Gasteiger partial charge in [-0.05, 0) is 12.1 Å². The summed E-state index contributed by atoms with van der Waals surface area (Å²) in [6.07, 6.45) is -7.46. The van der Waals surface area contributed by atoms with Gasteiger partial charge in [-0.2, -0.15) is 13.2 Å². The molecule has 0 saturated carbocycles. The zero-order valence-electron chi connectivity index (χ0n) is 18.6. The van der Waals surface area contributed by atoms with Gasteiger partial charge in [0, 0.05) is 33.9 Å². The van der Waals surface area contributed by atoms with Gasteiger partial charge >= 0.3 is 24.1 Å². The topological polar surface area (TPSA) is 130 Å². The van der Waals surface area contributed by atoms with Crippen molar-refractivity contribution in [2.75, 3.05) is 6.61 Å². The van der Waals surface area contributed by atoms with Crippen LogP contribution < -0.4 is 5.32 Å². The van der Waals surface area contributed by atoms with E-state index in [-0.39, 0.29) is 5.03 Å². The van der Waals surface area contributed by atoms with Crippen LogP contribution >= 0.6 is 11.8 Å². The maximum absolute atomic E-state index is 13.1. The van der Waals surface area contributed by atoms with Crippen LogP contribution in [-0.4, -0.2) is 65.2 Å². The molecule has 1 saturated heterocycles. The maximum Gasteiger partial charge on any atom is 0.416 e. The summed E-state index contributed by atoms with van der Waals surface area (Å²) in [6.45, 7) is 4.05. The number of alkyl halides is 3. The van der Waals surface area contributed by atoms with Crippen LogP contribution in [0.2, 0.25) is 0 Å². The van der Waals surface area contributed by atoms with Gasteiger partial charge in [-0.1, -0.05) is 11.8 Å². The van der Waals surface area contributed by atoms with Crippen LogP contribution in [0.25, 0.3) is 0 Å². The Hall–Kier alpha value is -2.87. The Morgan fingerprint density at radius 1 is 1.06 bits per heavy atom. The van der Waals surface area contributed by atoms with Crippen molar-refractivity contribution in [2.24, 2.45) is 0 Å². The van der Waals surface area contributed by atoms with E-state index in [1.54, 1.807) is 0 Å². The van der Waals surface area contributed by atoms with Crippen LogP contribution in [0.15, 0.2) is 23.4 Å². The first-order valence-electron chi connectivity index (χ1n) is 9.88. The smallest absolute Gasteiger partial charge is 0.416 e. The number of nitrogens with one attached hydrogen (secondary N) is 1. The molecule has 0 aromatic carbocycles. The molecule has 1 aliphatic heterocycles. The summed E-state index contributed by atoms with van der Waals surface area (Å²) >= 11 is 0.714. The highest BCUT2D eigenvalue weighted by Crippen LogP contribution is 2.37. The summed E-state index contributed by atoms with van der Waals surface area (Å²) in [6, 6.07) is 0.415. The minimum atomic E-state index is -4.62. The third-order valence-electron chi connectivity index (χ3n) is 4.37. The van der Waals surface area contributed by atoms with Crippen molar-refractivity contribution in [3.63, 3.8) is 0 Å². The molecule has 5 atom stereocenters. The molecule has 0 spiro atoms. The van der Waals surface area contributed by atoms with Crippen molar-refractivity contribution < 1.29 is 51.3 Å². The number of rotatable bonds is 7. The number of hydrogen-bond donors (Lipinski definition) is 1. The molecule has 1 aliphatic rings. The van der Waals surface area contributed by atoms with Crippen LogP contribution in [0.5, 0.6) is 0 Å². The Balaban J connectivity index is 2.48. The summed E-state index contributed by atoms with van der Waals surface area (Å²) in [5, 5.41) is 2.43. The van der Waals surface area contributed by atoms with E-state index >= 15 is 0 Å². The Labute approximate surface area is 196 Å². The highest BCUT2D eigenvalue weighted by atomic mass is 32.2. The van der Waals surface area contributed by atoms with Gasteiger partial charge in [0.2, 0.25) is 5.91 Å². The molecule has 10 nitrogen and oxygen atoms in total. The molecule has 1 N–H and O–H groups in total. The largest absolute Gasteiger partial charge is 0.463 e. The molecule has 0 radical (unpaired) electrons. The number of hydrogen-bond acceptors (Lipinski definition) is 10. The first-order valence-corrected chi connectivity index (χ1v) is 10.8. The van der Waals surface area contributed by atoms with Crippen molar-refractivity contribution in [3.05, 3.63) is 23.9 Å². The van der Waals surface area contributed by atoms with Crippen LogP contribution in [0.4, 0.5) is 13.2 Å². The Morgan fingerprint density at radius 2 is 1.68 bits per heavy atom. The molecule has 2 heterocycles. The number of amides is 1. The molecule has 2 rings (SSSR count). The minimum Gasteiger partial charge on any atom is -0.463 e. The lowest BCUT2D eigenvalue weighted by atomic mass is 9.97. The number of halogens is 3. The average molecular weight is 508 g/mol. The molecule has 1 aromatic rings. The molecule has 188 valence electrons. The SMILES string of the molecule is CC(=O)N[C@@H]1[C@@H](OC(C)=O)[C@H](OC(C)=O)[C@@H](COC(C)=O)O[C@H]1Sc1cc(C(F)(F)F)ccn1. The molecule has 34 heavy (non-hydrogen) atoms. The number of pyridine rings is 1. The van der Waals surface area contributed by atoms with Gasteiger partial charge in [0.05, 0.1) is 10.6 Å². The lowest BCUT2D eigenvalue weighted by Gasteiger charge is -2.44. The zero-order valence-corrected chi connectivity index (χ0v) is 19.4. The first kappa shape index (κ1) is 27.4. The number of esters is 3. The second-order valence-electron chi connectivity index (χ2n) is 7.22. The van der Waals surface area contributed by atoms with Gasteiger partial charge in [0.25, 0.3) is 0 Å². The molecule has 14 heteroatoms. The van der Waals surface area contributed by atoms with E-state index < -0.39 is 72.0 Å². The van der Waals surface area contributed by atoms with Crippen molar-refractivity contribution in [3.8, 4) is 0 Å². The van der Waals surface area contributed by atoms with Crippen LogP contribution in [-0.2, 0) is 44.3 Å². The summed E-state index contributed by atoms with van der Waals surface area (Å²) in [5.74, 6) is -2.81. The van der Waals surface area contributed by atoms with Crippen LogP contribution in [0.1, 0.15) is 33.3 Å². The van der Waals surface area contributed by atoms with E-state index in [4.69, 9.17) is 18.9 Å². The Morgan fingerprint density at radius 3 is 2.21 bits per heavy atom. The second kappa shape index (κ2) is 11.5. The number of thioether (sulfide) groups is 1. The Kier molecular flexibility index (Phi) is 9.27. The standard InChI is InChI=1S/C20H23F3N2O8S/c1-9(26)25-16-18(32-12(4)29)17(31-11(3)28)14(8-30-10(2)27)33-19(16)34-15-7-13(5-6-24-15)20(21,22)23/h5-7,14,16-19H,8H2,1-4H3,(H,25,26)/t14-,16-,17-,18-,19+/m1/s1.